The third kappa shape index (κ3) is 5.39. The van der Waals surface area contributed by atoms with Crippen LogP contribution in [-0.2, 0) is 14.6 Å². The van der Waals surface area contributed by atoms with Crippen molar-refractivity contribution in [3.8, 4) is 0 Å². The number of piperidine rings is 1. The lowest BCUT2D eigenvalue weighted by Gasteiger charge is -2.35. The summed E-state index contributed by atoms with van der Waals surface area (Å²) >= 11 is 0. The monoisotopic (exact) mass is 352 g/mol. The smallest absolute Gasteiger partial charge is 0.223 e. The van der Waals surface area contributed by atoms with Crippen molar-refractivity contribution >= 4 is 28.2 Å². The molecule has 2 fully saturated rings. The molecule has 1 amide bonds. The van der Waals surface area contributed by atoms with Crippen molar-refractivity contribution in [3.63, 3.8) is 0 Å². The van der Waals surface area contributed by atoms with Gasteiger partial charge in [0.1, 0.15) is 0 Å². The van der Waals surface area contributed by atoms with Gasteiger partial charge in [-0.2, -0.15) is 0 Å². The Kier molecular flexibility index (Phi) is 7.15. The first kappa shape index (κ1) is 19.7. The van der Waals surface area contributed by atoms with Crippen LogP contribution in [0.15, 0.2) is 0 Å². The highest BCUT2D eigenvalue weighted by atomic mass is 35.5. The quantitative estimate of drug-likeness (QED) is 0.788. The van der Waals surface area contributed by atoms with Crippen LogP contribution in [0.1, 0.15) is 46.0 Å². The summed E-state index contributed by atoms with van der Waals surface area (Å²) in [7, 11) is -1.28. The van der Waals surface area contributed by atoms with Gasteiger partial charge in [0.25, 0.3) is 0 Å². The van der Waals surface area contributed by atoms with Crippen molar-refractivity contribution in [2.45, 2.75) is 64.1 Å². The molecule has 0 spiro atoms. The van der Waals surface area contributed by atoms with Crippen LogP contribution in [0.3, 0.4) is 0 Å². The minimum atomic E-state index is -3.11. The van der Waals surface area contributed by atoms with Crippen LogP contribution in [0.5, 0.6) is 0 Å². The lowest BCUT2D eigenvalue weighted by Crippen LogP contribution is -2.49. The highest BCUT2D eigenvalue weighted by Gasteiger charge is 2.36. The highest BCUT2D eigenvalue weighted by molar-refractivity contribution is 7.91. The second-order valence-corrected chi connectivity index (χ2v) is 9.25. The first-order valence-electron chi connectivity index (χ1n) is 7.99. The Morgan fingerprint density at radius 1 is 1.23 bits per heavy atom. The van der Waals surface area contributed by atoms with Crippen LogP contribution >= 0.6 is 12.4 Å². The van der Waals surface area contributed by atoms with E-state index in [1.807, 2.05) is 20.9 Å². The van der Waals surface area contributed by atoms with Crippen molar-refractivity contribution in [1.82, 2.24) is 10.2 Å². The maximum Gasteiger partial charge on any atom is 0.223 e. The Morgan fingerprint density at radius 2 is 1.77 bits per heavy atom. The average molecular weight is 353 g/mol. The number of carbonyl (C=O) groups excluding carboxylic acids is 1. The molecule has 22 heavy (non-hydrogen) atoms. The van der Waals surface area contributed by atoms with E-state index in [-0.39, 0.29) is 48.2 Å². The molecule has 5 nitrogen and oxygen atoms in total. The Hall–Kier alpha value is -0.330. The molecular weight excluding hydrogens is 324 g/mol. The number of nitrogens with one attached hydrogen (secondary N) is 1. The molecule has 1 N–H and O–H groups in total. The second kappa shape index (κ2) is 7.97. The molecule has 2 unspecified atom stereocenters. The summed E-state index contributed by atoms with van der Waals surface area (Å²) in [6.07, 6.45) is 4.51. The lowest BCUT2D eigenvalue weighted by molar-refractivity contribution is -0.132. The number of hydrogen-bond donors (Lipinski definition) is 1. The molecule has 7 heteroatoms. The molecular formula is C15H29ClN2O3S. The predicted octanol–water partition coefficient (Wildman–Crippen LogP) is 1.61. The number of nitrogens with zero attached hydrogens (tertiary/aromatic N) is 1. The number of halogens is 1. The number of fused-ring (bicyclic) bond motifs is 2. The van der Waals surface area contributed by atoms with Crippen molar-refractivity contribution in [2.75, 3.05) is 18.6 Å². The average Bonchev–Trinajstić information content (AvgIpc) is 2.72. The van der Waals surface area contributed by atoms with Gasteiger partial charge in [-0.25, -0.2) is 8.42 Å². The van der Waals surface area contributed by atoms with Gasteiger partial charge in [-0.05, 0) is 31.6 Å². The summed E-state index contributed by atoms with van der Waals surface area (Å²) in [6.45, 7) is 3.77. The minimum Gasteiger partial charge on any atom is -0.343 e. The summed E-state index contributed by atoms with van der Waals surface area (Å²) in [6, 6.07) is 1.34. The zero-order valence-electron chi connectivity index (χ0n) is 13.7. The number of rotatable bonds is 6. The van der Waals surface area contributed by atoms with E-state index < -0.39 is 9.84 Å². The molecule has 0 aliphatic carbocycles. The van der Waals surface area contributed by atoms with E-state index in [9.17, 15) is 13.2 Å². The SMILES string of the molecule is CC(C)CS(=O)(=O)CCC(=O)N(C)C1CC2CCC(C1)N2.Cl. The van der Waals surface area contributed by atoms with Crippen molar-refractivity contribution in [2.24, 2.45) is 5.92 Å². The van der Waals surface area contributed by atoms with E-state index in [0.717, 1.165) is 12.8 Å². The molecule has 2 atom stereocenters. The fourth-order valence-corrected chi connectivity index (χ4v) is 5.23. The van der Waals surface area contributed by atoms with E-state index in [0.29, 0.717) is 12.1 Å². The molecule has 130 valence electrons. The molecule has 2 bridgehead atoms. The van der Waals surface area contributed by atoms with Gasteiger partial charge in [0.15, 0.2) is 9.84 Å². The van der Waals surface area contributed by atoms with Gasteiger partial charge in [-0.1, -0.05) is 13.8 Å². The van der Waals surface area contributed by atoms with Crippen molar-refractivity contribution in [1.29, 1.82) is 0 Å². The lowest BCUT2D eigenvalue weighted by atomic mass is 9.98. The second-order valence-electron chi connectivity index (χ2n) is 7.03. The minimum absolute atomic E-state index is 0. The molecule has 0 radical (unpaired) electrons. The number of amides is 1. The van der Waals surface area contributed by atoms with Crippen LogP contribution < -0.4 is 5.32 Å². The van der Waals surface area contributed by atoms with Gasteiger partial charge >= 0.3 is 0 Å². The number of carbonyl (C=O) groups is 1. The van der Waals surface area contributed by atoms with Gasteiger partial charge in [0, 0.05) is 31.6 Å². The largest absolute Gasteiger partial charge is 0.343 e. The molecule has 0 saturated carbocycles. The van der Waals surface area contributed by atoms with E-state index in [4.69, 9.17) is 0 Å². The maximum atomic E-state index is 12.2. The summed E-state index contributed by atoms with van der Waals surface area (Å²) in [4.78, 5) is 14.0. The molecule has 0 aromatic rings. The zero-order chi connectivity index (χ0) is 15.6. The van der Waals surface area contributed by atoms with Crippen LogP contribution in [-0.4, -0.2) is 55.9 Å². The summed E-state index contributed by atoms with van der Waals surface area (Å²) < 4.78 is 23.8. The van der Waals surface area contributed by atoms with Gasteiger partial charge in [-0.3, -0.25) is 4.79 Å². The van der Waals surface area contributed by atoms with E-state index in [2.05, 4.69) is 5.32 Å². The molecule has 0 aromatic carbocycles. The Morgan fingerprint density at radius 3 is 2.27 bits per heavy atom. The fourth-order valence-electron chi connectivity index (χ4n) is 3.56. The van der Waals surface area contributed by atoms with Crippen LogP contribution in [0.2, 0.25) is 0 Å². The van der Waals surface area contributed by atoms with E-state index in [1.165, 1.54) is 12.8 Å². The van der Waals surface area contributed by atoms with Gasteiger partial charge in [0.05, 0.1) is 11.5 Å². The van der Waals surface area contributed by atoms with Crippen LogP contribution in [0.25, 0.3) is 0 Å². The van der Waals surface area contributed by atoms with Crippen LogP contribution in [0, 0.1) is 5.92 Å². The van der Waals surface area contributed by atoms with Gasteiger partial charge < -0.3 is 10.2 Å². The summed E-state index contributed by atoms with van der Waals surface area (Å²) in [5, 5.41) is 3.56. The standard InChI is InChI=1S/C15H28N2O3S.ClH/c1-11(2)10-21(19,20)7-6-15(18)17(3)14-8-12-4-5-13(9-14)16-12;/h11-14,16H,4-10H2,1-3H3;1H. The third-order valence-corrected chi connectivity index (χ3v) is 6.60. The first-order valence-corrected chi connectivity index (χ1v) is 9.81. The normalized spacial score (nSPS) is 27.5. The molecule has 2 rings (SSSR count). The summed E-state index contributed by atoms with van der Waals surface area (Å²) in [5.41, 5.74) is 0. The molecule has 2 aliphatic rings. The van der Waals surface area contributed by atoms with Crippen molar-refractivity contribution < 1.29 is 13.2 Å². The number of sulfone groups is 1. The van der Waals surface area contributed by atoms with Gasteiger partial charge in [0.2, 0.25) is 5.91 Å². The fraction of sp³-hybridized carbons (Fsp3) is 0.933. The van der Waals surface area contributed by atoms with Gasteiger partial charge in [-0.15, -0.1) is 12.4 Å². The molecule has 2 saturated heterocycles. The molecule has 0 aromatic heterocycles. The first-order chi connectivity index (χ1) is 9.77. The molecule has 2 heterocycles. The topological polar surface area (TPSA) is 66.5 Å². The third-order valence-electron chi connectivity index (χ3n) is 4.60. The maximum absolute atomic E-state index is 12.2. The summed E-state index contributed by atoms with van der Waals surface area (Å²) in [5.74, 6) is 0.227. The van der Waals surface area contributed by atoms with Crippen molar-refractivity contribution in [3.05, 3.63) is 0 Å². The van der Waals surface area contributed by atoms with E-state index >= 15 is 0 Å². The van der Waals surface area contributed by atoms with Crippen LogP contribution in [0.4, 0.5) is 0 Å². The molecule has 2 aliphatic heterocycles. The Bertz CT molecular complexity index is 469. The Balaban J connectivity index is 0.00000242. The number of hydrogen-bond acceptors (Lipinski definition) is 4. The van der Waals surface area contributed by atoms with E-state index in [1.54, 1.807) is 4.90 Å². The highest BCUT2D eigenvalue weighted by Crippen LogP contribution is 2.29. The Labute approximate surface area is 140 Å². The zero-order valence-corrected chi connectivity index (χ0v) is 15.4. The predicted molar refractivity (Wildman–Crippen MR) is 91.1 cm³/mol.